The summed E-state index contributed by atoms with van der Waals surface area (Å²) in [5, 5.41) is 6.59. The number of carbonyl (C=O) groups is 2. The molecule has 1 fully saturated rings. The second-order valence-electron chi connectivity index (χ2n) is 7.11. The Balaban J connectivity index is 1.40. The van der Waals surface area contributed by atoms with Gasteiger partial charge in [0.1, 0.15) is 0 Å². The van der Waals surface area contributed by atoms with Gasteiger partial charge in [-0.1, -0.05) is 23.7 Å². The highest BCUT2D eigenvalue weighted by molar-refractivity contribution is 6.30. The second-order valence-corrected chi connectivity index (χ2v) is 7.55. The Bertz CT molecular complexity index is 877. The van der Waals surface area contributed by atoms with Gasteiger partial charge in [0.15, 0.2) is 0 Å². The topological polar surface area (TPSA) is 61.4 Å². The van der Waals surface area contributed by atoms with Crippen LogP contribution in [0.25, 0.3) is 0 Å². The molecule has 1 aliphatic heterocycles. The van der Waals surface area contributed by atoms with Gasteiger partial charge in [-0.25, -0.2) is 4.79 Å². The fraction of sp³-hybridized carbons (Fsp3) is 0.333. The maximum absolute atomic E-state index is 12.5. The summed E-state index contributed by atoms with van der Waals surface area (Å²) in [5.74, 6) is 0.0261. The summed E-state index contributed by atoms with van der Waals surface area (Å²) in [6, 6.07) is 12.6. The summed E-state index contributed by atoms with van der Waals surface area (Å²) >= 11 is 6.04. The molecule has 2 aliphatic rings. The van der Waals surface area contributed by atoms with Gasteiger partial charge in [0.25, 0.3) is 5.91 Å². The summed E-state index contributed by atoms with van der Waals surface area (Å²) in [4.78, 5) is 26.8. The van der Waals surface area contributed by atoms with Crippen LogP contribution >= 0.6 is 11.6 Å². The van der Waals surface area contributed by atoms with Crippen LogP contribution in [-0.2, 0) is 6.42 Å². The van der Waals surface area contributed by atoms with Crippen molar-refractivity contribution in [2.75, 3.05) is 18.4 Å². The number of hydrogen-bond donors (Lipinski definition) is 2. The van der Waals surface area contributed by atoms with Crippen molar-refractivity contribution in [3.63, 3.8) is 0 Å². The number of nitrogens with zero attached hydrogens (tertiary/aromatic N) is 1. The molecule has 0 bridgehead atoms. The minimum absolute atomic E-state index is 0.0216. The number of aryl methyl sites for hydroxylation is 1. The molecule has 1 saturated heterocycles. The lowest BCUT2D eigenvalue weighted by molar-refractivity contribution is 0.0793. The number of likely N-dealkylation sites (tertiary alicyclic amines) is 1. The number of carbonyl (C=O) groups excluding carboxylic acids is 2. The monoisotopic (exact) mass is 383 g/mol. The molecule has 0 saturated carbocycles. The van der Waals surface area contributed by atoms with Crippen LogP contribution in [-0.4, -0.2) is 29.9 Å². The van der Waals surface area contributed by atoms with E-state index >= 15 is 0 Å². The molecule has 1 atom stereocenters. The van der Waals surface area contributed by atoms with Crippen molar-refractivity contribution < 1.29 is 9.59 Å². The Morgan fingerprint density at radius 1 is 1.07 bits per heavy atom. The third-order valence-electron chi connectivity index (χ3n) is 5.25. The number of hydrogen-bond acceptors (Lipinski definition) is 2. The molecule has 3 amide bonds. The minimum atomic E-state index is -0.270. The molecule has 27 heavy (non-hydrogen) atoms. The van der Waals surface area contributed by atoms with E-state index in [1.54, 1.807) is 24.3 Å². The van der Waals surface area contributed by atoms with Gasteiger partial charge in [-0.2, -0.15) is 0 Å². The fourth-order valence-corrected chi connectivity index (χ4v) is 4.09. The molecule has 0 spiro atoms. The average Bonchev–Trinajstić information content (AvgIpc) is 3.31. The van der Waals surface area contributed by atoms with E-state index in [4.69, 9.17) is 11.6 Å². The van der Waals surface area contributed by atoms with Crippen LogP contribution in [0.4, 0.5) is 10.5 Å². The second kappa shape index (κ2) is 7.61. The largest absolute Gasteiger partial charge is 0.339 e. The Kier molecular flexibility index (Phi) is 5.03. The van der Waals surface area contributed by atoms with Gasteiger partial charge in [0.05, 0.1) is 6.04 Å². The fourth-order valence-electron chi connectivity index (χ4n) is 3.89. The number of benzene rings is 2. The van der Waals surface area contributed by atoms with Gasteiger partial charge in [-0.05, 0) is 67.1 Å². The molecule has 2 N–H and O–H groups in total. The summed E-state index contributed by atoms with van der Waals surface area (Å²) in [5.41, 5.74) is 3.53. The normalized spacial score (nSPS) is 18.3. The van der Waals surface area contributed by atoms with E-state index in [0.29, 0.717) is 11.3 Å². The van der Waals surface area contributed by atoms with E-state index in [9.17, 15) is 9.59 Å². The predicted molar refractivity (Wildman–Crippen MR) is 106 cm³/mol. The van der Waals surface area contributed by atoms with Crippen molar-refractivity contribution in [1.82, 2.24) is 10.2 Å². The van der Waals surface area contributed by atoms with E-state index in [-0.39, 0.29) is 18.0 Å². The Morgan fingerprint density at radius 2 is 1.89 bits per heavy atom. The van der Waals surface area contributed by atoms with Crippen molar-refractivity contribution in [3.8, 4) is 0 Å². The molecule has 4 rings (SSSR count). The van der Waals surface area contributed by atoms with E-state index in [0.717, 1.165) is 49.4 Å². The molecule has 2 aromatic rings. The van der Waals surface area contributed by atoms with Crippen LogP contribution in [0.3, 0.4) is 0 Å². The molecule has 5 nitrogen and oxygen atoms in total. The lowest BCUT2D eigenvalue weighted by atomic mass is 10.1. The van der Waals surface area contributed by atoms with Crippen LogP contribution in [0.5, 0.6) is 0 Å². The first kappa shape index (κ1) is 17.9. The molecule has 0 aromatic heterocycles. The number of fused-ring (bicyclic) bond motifs is 1. The zero-order valence-corrected chi connectivity index (χ0v) is 15.8. The summed E-state index contributed by atoms with van der Waals surface area (Å²) in [6.45, 7) is 1.62. The summed E-state index contributed by atoms with van der Waals surface area (Å²) < 4.78 is 0. The van der Waals surface area contributed by atoms with Crippen molar-refractivity contribution in [1.29, 1.82) is 0 Å². The Morgan fingerprint density at radius 3 is 2.70 bits per heavy atom. The van der Waals surface area contributed by atoms with Gasteiger partial charge in [0.2, 0.25) is 0 Å². The van der Waals surface area contributed by atoms with Gasteiger partial charge in [-0.15, -0.1) is 0 Å². The smallest absolute Gasteiger partial charge is 0.319 e. The lowest BCUT2D eigenvalue weighted by Gasteiger charge is -2.17. The van der Waals surface area contributed by atoms with Crippen LogP contribution < -0.4 is 10.6 Å². The van der Waals surface area contributed by atoms with Crippen LogP contribution in [0, 0.1) is 0 Å². The zero-order valence-electron chi connectivity index (χ0n) is 15.0. The molecular weight excluding hydrogens is 362 g/mol. The van der Waals surface area contributed by atoms with Gasteiger partial charge < -0.3 is 15.5 Å². The average molecular weight is 384 g/mol. The lowest BCUT2D eigenvalue weighted by Crippen LogP contribution is -2.31. The number of halogens is 1. The van der Waals surface area contributed by atoms with Crippen molar-refractivity contribution >= 4 is 29.2 Å². The molecule has 1 unspecified atom stereocenters. The van der Waals surface area contributed by atoms with Crippen molar-refractivity contribution in [2.24, 2.45) is 0 Å². The standard InChI is InChI=1S/C21H22ClN3O2/c22-16-7-8-18-14(12-16)6-9-19(18)24-21(27)23-17-5-3-4-15(13-17)20(26)25-10-1-2-11-25/h3-5,7-8,12-13,19H,1-2,6,9-11H2,(H2,23,24,27). The number of urea groups is 1. The highest BCUT2D eigenvalue weighted by atomic mass is 35.5. The van der Waals surface area contributed by atoms with Gasteiger partial charge in [0, 0.05) is 29.4 Å². The highest BCUT2D eigenvalue weighted by Crippen LogP contribution is 2.32. The van der Waals surface area contributed by atoms with Crippen LogP contribution in [0.2, 0.25) is 5.02 Å². The zero-order chi connectivity index (χ0) is 18.8. The maximum atomic E-state index is 12.5. The minimum Gasteiger partial charge on any atom is -0.339 e. The molecule has 140 valence electrons. The van der Waals surface area contributed by atoms with E-state index in [1.807, 2.05) is 23.1 Å². The molecule has 0 radical (unpaired) electrons. The van der Waals surface area contributed by atoms with Gasteiger partial charge in [-0.3, -0.25) is 4.79 Å². The number of nitrogens with one attached hydrogen (secondary N) is 2. The molecule has 1 heterocycles. The Hall–Kier alpha value is -2.53. The number of amides is 3. The summed E-state index contributed by atoms with van der Waals surface area (Å²) in [7, 11) is 0. The van der Waals surface area contributed by atoms with Crippen molar-refractivity contribution in [2.45, 2.75) is 31.7 Å². The first-order valence-electron chi connectivity index (χ1n) is 9.35. The first-order chi connectivity index (χ1) is 13.1. The molecule has 6 heteroatoms. The number of rotatable bonds is 3. The first-order valence-corrected chi connectivity index (χ1v) is 9.73. The Labute approximate surface area is 163 Å². The van der Waals surface area contributed by atoms with E-state index in [2.05, 4.69) is 10.6 Å². The van der Waals surface area contributed by atoms with Crippen LogP contribution in [0.15, 0.2) is 42.5 Å². The third-order valence-corrected chi connectivity index (χ3v) is 5.48. The molecule has 1 aliphatic carbocycles. The maximum Gasteiger partial charge on any atom is 0.319 e. The quantitative estimate of drug-likeness (QED) is 0.825. The third kappa shape index (κ3) is 3.93. The van der Waals surface area contributed by atoms with Crippen molar-refractivity contribution in [3.05, 3.63) is 64.2 Å². The molecular formula is C21H22ClN3O2. The summed E-state index contributed by atoms with van der Waals surface area (Å²) in [6.07, 6.45) is 3.87. The SMILES string of the molecule is O=C(Nc1cccc(C(=O)N2CCCC2)c1)NC1CCc2cc(Cl)ccc21. The van der Waals surface area contributed by atoms with Gasteiger partial charge >= 0.3 is 6.03 Å². The van der Waals surface area contributed by atoms with E-state index < -0.39 is 0 Å². The molecule has 2 aromatic carbocycles. The highest BCUT2D eigenvalue weighted by Gasteiger charge is 2.24. The number of anilines is 1. The van der Waals surface area contributed by atoms with E-state index in [1.165, 1.54) is 5.56 Å². The predicted octanol–water partition coefficient (Wildman–Crippen LogP) is 4.39. The van der Waals surface area contributed by atoms with Crippen LogP contribution in [0.1, 0.15) is 46.8 Å².